The Labute approximate surface area is 198 Å². The summed E-state index contributed by atoms with van der Waals surface area (Å²) in [4.78, 5) is 50.7. The predicted molar refractivity (Wildman–Crippen MR) is 127 cm³/mol. The van der Waals surface area contributed by atoms with Crippen molar-refractivity contribution in [3.63, 3.8) is 0 Å². The fourth-order valence-corrected chi connectivity index (χ4v) is 4.69. The van der Waals surface area contributed by atoms with Crippen LogP contribution in [0.15, 0.2) is 47.8 Å². The summed E-state index contributed by atoms with van der Waals surface area (Å²) in [7, 11) is 0. The normalized spacial score (nSPS) is 10.4. The van der Waals surface area contributed by atoms with Crippen LogP contribution in [-0.4, -0.2) is 37.0 Å². The van der Waals surface area contributed by atoms with Crippen molar-refractivity contribution in [3.8, 4) is 0 Å². The van der Waals surface area contributed by atoms with Crippen LogP contribution in [0.25, 0.3) is 0 Å². The molecular formula is C23H22N2O6S2. The van der Waals surface area contributed by atoms with Crippen molar-refractivity contribution in [2.24, 2.45) is 0 Å². The molecule has 0 aliphatic rings. The molecule has 0 saturated heterocycles. The van der Waals surface area contributed by atoms with Crippen LogP contribution in [0, 0.1) is 6.92 Å². The van der Waals surface area contributed by atoms with Gasteiger partial charge in [0.05, 0.1) is 23.5 Å². The van der Waals surface area contributed by atoms with Crippen LogP contribution in [0.5, 0.6) is 0 Å². The number of hydrogen-bond donors (Lipinski definition) is 2. The molecule has 0 radical (unpaired) electrons. The summed E-state index contributed by atoms with van der Waals surface area (Å²) in [5.41, 5.74) is 1.08. The summed E-state index contributed by atoms with van der Waals surface area (Å²) in [5.74, 6) is -2.24. The van der Waals surface area contributed by atoms with Gasteiger partial charge >= 0.3 is 11.9 Å². The van der Waals surface area contributed by atoms with Gasteiger partial charge in [-0.2, -0.15) is 0 Å². The SMILES string of the molecule is CCOC(=O)c1c(NC(=O)COC(=O)Cc2cccs2)sc(C(=O)Nc2ccccc2)c1C. The van der Waals surface area contributed by atoms with Gasteiger partial charge < -0.3 is 20.1 Å². The lowest BCUT2D eigenvalue weighted by Gasteiger charge is -2.07. The third kappa shape index (κ3) is 6.50. The zero-order valence-corrected chi connectivity index (χ0v) is 19.6. The van der Waals surface area contributed by atoms with E-state index in [1.165, 1.54) is 11.3 Å². The Hall–Kier alpha value is -3.50. The molecule has 0 aliphatic carbocycles. The highest BCUT2D eigenvalue weighted by Crippen LogP contribution is 2.34. The van der Waals surface area contributed by atoms with E-state index in [-0.39, 0.29) is 28.5 Å². The monoisotopic (exact) mass is 486 g/mol. The second-order valence-electron chi connectivity index (χ2n) is 6.77. The number of para-hydroxylation sites is 1. The number of benzene rings is 1. The molecule has 0 unspecified atom stereocenters. The van der Waals surface area contributed by atoms with Crippen molar-refractivity contribution in [1.82, 2.24) is 0 Å². The number of rotatable bonds is 9. The molecule has 0 bridgehead atoms. The van der Waals surface area contributed by atoms with Crippen LogP contribution in [0.3, 0.4) is 0 Å². The quantitative estimate of drug-likeness (QED) is 0.437. The van der Waals surface area contributed by atoms with Crippen molar-refractivity contribution in [3.05, 3.63) is 68.7 Å². The van der Waals surface area contributed by atoms with Gasteiger partial charge in [-0.25, -0.2) is 4.79 Å². The van der Waals surface area contributed by atoms with E-state index in [1.54, 1.807) is 44.2 Å². The molecule has 33 heavy (non-hydrogen) atoms. The lowest BCUT2D eigenvalue weighted by Crippen LogP contribution is -2.22. The zero-order chi connectivity index (χ0) is 23.8. The highest BCUT2D eigenvalue weighted by atomic mass is 32.1. The van der Waals surface area contributed by atoms with Crippen molar-refractivity contribution < 1.29 is 28.7 Å². The molecule has 10 heteroatoms. The highest BCUT2D eigenvalue weighted by molar-refractivity contribution is 7.19. The van der Waals surface area contributed by atoms with Crippen LogP contribution < -0.4 is 10.6 Å². The van der Waals surface area contributed by atoms with Crippen molar-refractivity contribution in [1.29, 1.82) is 0 Å². The Bertz CT molecular complexity index is 1140. The van der Waals surface area contributed by atoms with E-state index < -0.39 is 30.4 Å². The van der Waals surface area contributed by atoms with E-state index in [0.29, 0.717) is 11.3 Å². The Balaban J connectivity index is 1.73. The lowest BCUT2D eigenvalue weighted by molar-refractivity contribution is -0.146. The molecule has 3 rings (SSSR count). The zero-order valence-electron chi connectivity index (χ0n) is 18.0. The van der Waals surface area contributed by atoms with E-state index in [1.807, 2.05) is 17.5 Å². The maximum Gasteiger partial charge on any atom is 0.341 e. The molecule has 0 atom stereocenters. The Morgan fingerprint density at radius 1 is 0.970 bits per heavy atom. The number of carbonyl (C=O) groups is 4. The second-order valence-corrected chi connectivity index (χ2v) is 8.82. The summed E-state index contributed by atoms with van der Waals surface area (Å²) >= 11 is 2.37. The molecular weight excluding hydrogens is 464 g/mol. The lowest BCUT2D eigenvalue weighted by atomic mass is 10.1. The van der Waals surface area contributed by atoms with E-state index in [4.69, 9.17) is 9.47 Å². The minimum atomic E-state index is -0.657. The van der Waals surface area contributed by atoms with Gasteiger partial charge in [0, 0.05) is 10.6 Å². The first kappa shape index (κ1) is 24.1. The number of nitrogens with one attached hydrogen (secondary N) is 2. The summed E-state index contributed by atoms with van der Waals surface area (Å²) in [5, 5.41) is 7.33. The number of hydrogen-bond acceptors (Lipinski definition) is 8. The number of amides is 2. The fraction of sp³-hybridized carbons (Fsp3) is 0.217. The molecule has 0 fully saturated rings. The van der Waals surface area contributed by atoms with E-state index in [2.05, 4.69) is 10.6 Å². The Morgan fingerprint density at radius 3 is 2.39 bits per heavy atom. The van der Waals surface area contributed by atoms with Gasteiger partial charge in [0.2, 0.25) is 0 Å². The minimum Gasteiger partial charge on any atom is -0.462 e. The topological polar surface area (TPSA) is 111 Å². The number of thiophene rings is 2. The molecule has 2 heterocycles. The summed E-state index contributed by atoms with van der Waals surface area (Å²) in [6.45, 7) is 2.88. The molecule has 2 aromatic heterocycles. The third-order valence-electron chi connectivity index (χ3n) is 4.38. The first-order valence-corrected chi connectivity index (χ1v) is 11.7. The van der Waals surface area contributed by atoms with E-state index in [0.717, 1.165) is 16.2 Å². The average Bonchev–Trinajstić information content (AvgIpc) is 3.40. The van der Waals surface area contributed by atoms with Crippen LogP contribution in [-0.2, 0) is 25.5 Å². The molecule has 2 amide bonds. The third-order valence-corrected chi connectivity index (χ3v) is 6.46. The first-order valence-electron chi connectivity index (χ1n) is 10.0. The molecule has 0 spiro atoms. The van der Waals surface area contributed by atoms with Crippen molar-refractivity contribution in [2.75, 3.05) is 23.8 Å². The van der Waals surface area contributed by atoms with Gasteiger partial charge in [0.25, 0.3) is 11.8 Å². The average molecular weight is 487 g/mol. The molecule has 2 N–H and O–H groups in total. The number of ether oxygens (including phenoxy) is 2. The number of anilines is 2. The fourth-order valence-electron chi connectivity index (χ4n) is 2.89. The molecule has 1 aromatic carbocycles. The van der Waals surface area contributed by atoms with E-state index >= 15 is 0 Å². The summed E-state index contributed by atoms with van der Waals surface area (Å²) < 4.78 is 10.1. The van der Waals surface area contributed by atoms with Gasteiger partial charge in [-0.15, -0.1) is 22.7 Å². The van der Waals surface area contributed by atoms with Crippen molar-refractivity contribution >= 4 is 57.1 Å². The number of esters is 2. The van der Waals surface area contributed by atoms with Gasteiger partial charge in [0.15, 0.2) is 6.61 Å². The highest BCUT2D eigenvalue weighted by Gasteiger charge is 2.27. The molecule has 0 saturated carbocycles. The number of carbonyl (C=O) groups excluding carboxylic acids is 4. The smallest absolute Gasteiger partial charge is 0.341 e. The summed E-state index contributed by atoms with van der Waals surface area (Å²) in [6.07, 6.45) is 0.0704. The van der Waals surface area contributed by atoms with Gasteiger partial charge in [-0.3, -0.25) is 14.4 Å². The summed E-state index contributed by atoms with van der Waals surface area (Å²) in [6, 6.07) is 12.5. The molecule has 172 valence electrons. The van der Waals surface area contributed by atoms with Gasteiger partial charge in [0.1, 0.15) is 5.00 Å². The standard InChI is InChI=1S/C23H22N2O6S2/c1-3-30-23(29)19-14(2)20(21(28)24-15-8-5-4-6-9-15)33-22(19)25-17(26)13-31-18(27)12-16-10-7-11-32-16/h4-11H,3,12-13H2,1-2H3,(H,24,28)(H,25,26). The Kier molecular flexibility index (Phi) is 8.34. The predicted octanol–water partition coefficient (Wildman–Crippen LogP) is 4.27. The van der Waals surface area contributed by atoms with Gasteiger partial charge in [-0.05, 0) is 43.0 Å². The molecule has 3 aromatic rings. The van der Waals surface area contributed by atoms with Crippen LogP contribution in [0.2, 0.25) is 0 Å². The van der Waals surface area contributed by atoms with Crippen LogP contribution in [0.1, 0.15) is 37.4 Å². The maximum atomic E-state index is 12.8. The van der Waals surface area contributed by atoms with Crippen LogP contribution in [0.4, 0.5) is 10.7 Å². The Morgan fingerprint density at radius 2 is 1.73 bits per heavy atom. The molecule has 0 aliphatic heterocycles. The minimum absolute atomic E-state index is 0.0704. The first-order chi connectivity index (χ1) is 15.9. The van der Waals surface area contributed by atoms with E-state index in [9.17, 15) is 19.2 Å². The second kappa shape index (κ2) is 11.4. The van der Waals surface area contributed by atoms with Gasteiger partial charge in [-0.1, -0.05) is 24.3 Å². The largest absolute Gasteiger partial charge is 0.462 e. The maximum absolute atomic E-state index is 12.8. The molecule has 8 nitrogen and oxygen atoms in total. The van der Waals surface area contributed by atoms with Crippen LogP contribution >= 0.6 is 22.7 Å². The van der Waals surface area contributed by atoms with Crippen molar-refractivity contribution in [2.45, 2.75) is 20.3 Å².